The number of hydrogen-bond donors (Lipinski definition) is 1. The summed E-state index contributed by atoms with van der Waals surface area (Å²) < 4.78 is 3.37. The van der Waals surface area contributed by atoms with Gasteiger partial charge in [-0.25, -0.2) is 14.4 Å². The van der Waals surface area contributed by atoms with Crippen LogP contribution >= 0.6 is 0 Å². The van der Waals surface area contributed by atoms with Gasteiger partial charge in [-0.05, 0) is 80.0 Å². The van der Waals surface area contributed by atoms with Gasteiger partial charge in [0.05, 0.1) is 17.6 Å². The Labute approximate surface area is 249 Å². The number of amides is 1. The molecule has 1 aliphatic rings. The molecule has 1 N–H and O–H groups in total. The first-order valence-electron chi connectivity index (χ1n) is 15.1. The molecule has 2 aromatic carbocycles. The van der Waals surface area contributed by atoms with Gasteiger partial charge in [-0.15, -0.1) is 0 Å². The van der Waals surface area contributed by atoms with Crippen LogP contribution in [-0.2, 0) is 6.42 Å². The van der Waals surface area contributed by atoms with Crippen LogP contribution in [0.25, 0.3) is 11.9 Å². The Morgan fingerprint density at radius 1 is 1.17 bits per heavy atom. The number of nitrogens with zero attached hydrogens (tertiary/aromatic N) is 5. The van der Waals surface area contributed by atoms with Crippen molar-refractivity contribution in [3.8, 4) is 5.69 Å². The van der Waals surface area contributed by atoms with Crippen LogP contribution < -0.4 is 5.32 Å². The molecule has 4 aromatic rings. The van der Waals surface area contributed by atoms with Crippen LogP contribution in [0.4, 0.5) is 11.6 Å². The molecule has 1 aliphatic carbocycles. The summed E-state index contributed by atoms with van der Waals surface area (Å²) in [5.74, 6) is 1.65. The van der Waals surface area contributed by atoms with Gasteiger partial charge in [0.2, 0.25) is 0 Å². The van der Waals surface area contributed by atoms with Crippen molar-refractivity contribution in [2.45, 2.75) is 78.1 Å². The molecule has 1 amide bonds. The molecule has 0 spiro atoms. The largest absolute Gasteiger partial charge is 0.306 e. The van der Waals surface area contributed by atoms with E-state index in [1.54, 1.807) is 6.21 Å². The third-order valence-corrected chi connectivity index (χ3v) is 8.73. The van der Waals surface area contributed by atoms with Gasteiger partial charge in [0, 0.05) is 24.4 Å². The summed E-state index contributed by atoms with van der Waals surface area (Å²) in [7, 11) is 0. The third kappa shape index (κ3) is 6.15. The van der Waals surface area contributed by atoms with Gasteiger partial charge in [-0.2, -0.15) is 10.2 Å². The maximum absolute atomic E-state index is 13.6. The summed E-state index contributed by atoms with van der Waals surface area (Å²) in [6, 6.07) is 21.4. The van der Waals surface area contributed by atoms with Gasteiger partial charge in [-0.1, -0.05) is 69.8 Å². The minimum atomic E-state index is -0.287. The van der Waals surface area contributed by atoms with Gasteiger partial charge in [-0.3, -0.25) is 4.79 Å². The van der Waals surface area contributed by atoms with Crippen molar-refractivity contribution < 1.29 is 4.79 Å². The lowest BCUT2D eigenvalue weighted by Gasteiger charge is -2.24. The molecule has 0 radical (unpaired) electrons. The molecule has 5 rings (SSSR count). The lowest BCUT2D eigenvalue weighted by atomic mass is 9.81. The standard InChI is InChI=1S/C35H42N6O/c1-6-26(7-2)27-15-17-29(18-16-27)41-32(38-34(42)30-24-37-40(9-4)33(30)36-8-3)21-31(39-41)28-19-20-35(5,23-28)22-25-13-11-10-12-14-25/h8-18,21,24,26,28H,4,6-7,19-20,22-23H2,1-3,5H3,(H,38,42)/b36-8-. The van der Waals surface area contributed by atoms with Crippen LogP contribution in [0, 0.1) is 5.41 Å². The minimum Gasteiger partial charge on any atom is -0.306 e. The van der Waals surface area contributed by atoms with Gasteiger partial charge < -0.3 is 5.32 Å². The molecule has 1 fully saturated rings. The molecular weight excluding hydrogens is 520 g/mol. The van der Waals surface area contributed by atoms with Gasteiger partial charge in [0.25, 0.3) is 5.91 Å². The van der Waals surface area contributed by atoms with Crippen LogP contribution in [0.2, 0.25) is 0 Å². The van der Waals surface area contributed by atoms with Crippen molar-refractivity contribution in [3.63, 3.8) is 0 Å². The average molecular weight is 563 g/mol. The molecule has 2 heterocycles. The fourth-order valence-electron chi connectivity index (χ4n) is 6.44. The summed E-state index contributed by atoms with van der Waals surface area (Å²) in [4.78, 5) is 17.9. The van der Waals surface area contributed by atoms with Crippen molar-refractivity contribution >= 4 is 30.0 Å². The number of nitrogens with one attached hydrogen (secondary N) is 1. The van der Waals surface area contributed by atoms with Crippen LogP contribution in [0.5, 0.6) is 0 Å². The average Bonchev–Trinajstić information content (AvgIpc) is 3.72. The molecule has 0 aliphatic heterocycles. The quantitative estimate of drug-likeness (QED) is 0.186. The smallest absolute Gasteiger partial charge is 0.262 e. The lowest BCUT2D eigenvalue weighted by Crippen LogP contribution is -2.15. The molecule has 0 bridgehead atoms. The van der Waals surface area contributed by atoms with Crippen LogP contribution in [0.1, 0.15) is 98.8 Å². The zero-order chi connectivity index (χ0) is 29.7. The highest BCUT2D eigenvalue weighted by Gasteiger charge is 2.37. The highest BCUT2D eigenvalue weighted by molar-refractivity contribution is 6.07. The molecule has 0 saturated heterocycles. The summed E-state index contributed by atoms with van der Waals surface area (Å²) in [5.41, 5.74) is 5.23. The Hall–Kier alpha value is -4.26. The zero-order valence-electron chi connectivity index (χ0n) is 25.3. The minimum absolute atomic E-state index is 0.211. The van der Waals surface area contributed by atoms with Crippen LogP contribution in [0.3, 0.4) is 0 Å². The van der Waals surface area contributed by atoms with Crippen LogP contribution in [-0.4, -0.2) is 31.7 Å². The second kappa shape index (κ2) is 12.7. The fourth-order valence-corrected chi connectivity index (χ4v) is 6.44. The molecule has 2 unspecified atom stereocenters. The predicted octanol–water partition coefficient (Wildman–Crippen LogP) is 8.56. The maximum Gasteiger partial charge on any atom is 0.262 e. The van der Waals surface area contributed by atoms with Gasteiger partial charge in [0.1, 0.15) is 11.4 Å². The molecule has 42 heavy (non-hydrogen) atoms. The normalized spacial score (nSPS) is 18.6. The van der Waals surface area contributed by atoms with Crippen molar-refractivity contribution in [1.82, 2.24) is 19.6 Å². The molecular formula is C35H42N6O. The Morgan fingerprint density at radius 2 is 1.90 bits per heavy atom. The highest BCUT2D eigenvalue weighted by atomic mass is 16.1. The van der Waals surface area contributed by atoms with E-state index in [4.69, 9.17) is 5.10 Å². The summed E-state index contributed by atoms with van der Waals surface area (Å²) in [6.45, 7) is 12.4. The molecule has 7 heteroatoms. The van der Waals surface area contributed by atoms with E-state index in [0.717, 1.165) is 49.9 Å². The Bertz CT molecular complexity index is 1540. The molecule has 218 valence electrons. The van der Waals surface area contributed by atoms with Crippen molar-refractivity contribution in [2.24, 2.45) is 10.4 Å². The number of aliphatic imine (C=N–C) groups is 1. The van der Waals surface area contributed by atoms with Gasteiger partial charge >= 0.3 is 0 Å². The number of aromatic nitrogens is 4. The van der Waals surface area contributed by atoms with Crippen LogP contribution in [0.15, 0.2) is 78.4 Å². The summed E-state index contributed by atoms with van der Waals surface area (Å²) in [6.07, 6.45) is 11.2. The predicted molar refractivity (Wildman–Crippen MR) is 172 cm³/mol. The van der Waals surface area contributed by atoms with E-state index >= 15 is 0 Å². The van der Waals surface area contributed by atoms with E-state index in [1.807, 2.05) is 17.7 Å². The molecule has 2 atom stereocenters. The molecule has 2 aromatic heterocycles. The SMILES string of the molecule is C=Cn1ncc(C(=O)Nc2cc(C3CCC(C)(Cc4ccccc4)C3)nn2-c2ccc(C(CC)CC)cc2)c1/N=C\C. The van der Waals surface area contributed by atoms with Gasteiger partial charge in [0.15, 0.2) is 5.82 Å². The Balaban J connectivity index is 1.46. The van der Waals surface area contributed by atoms with E-state index < -0.39 is 0 Å². The topological polar surface area (TPSA) is 77.1 Å². The molecule has 1 saturated carbocycles. The zero-order valence-corrected chi connectivity index (χ0v) is 25.3. The lowest BCUT2D eigenvalue weighted by molar-refractivity contribution is 0.102. The maximum atomic E-state index is 13.6. The number of carbonyl (C=O) groups excluding carboxylic acids is 1. The highest BCUT2D eigenvalue weighted by Crippen LogP contribution is 2.48. The number of anilines is 1. The number of hydrogen-bond acceptors (Lipinski definition) is 4. The monoisotopic (exact) mass is 562 g/mol. The van der Waals surface area contributed by atoms with E-state index in [2.05, 4.69) is 97.4 Å². The Morgan fingerprint density at radius 3 is 2.57 bits per heavy atom. The number of rotatable bonds is 11. The first-order valence-corrected chi connectivity index (χ1v) is 15.1. The van der Waals surface area contributed by atoms with Crippen molar-refractivity contribution in [1.29, 1.82) is 0 Å². The summed E-state index contributed by atoms with van der Waals surface area (Å²) in [5, 5.41) is 12.5. The fraction of sp³-hybridized carbons (Fsp3) is 0.371. The van der Waals surface area contributed by atoms with E-state index in [0.29, 0.717) is 29.0 Å². The second-order valence-corrected chi connectivity index (χ2v) is 11.7. The summed E-state index contributed by atoms with van der Waals surface area (Å²) >= 11 is 0. The first-order chi connectivity index (χ1) is 20.4. The van der Waals surface area contributed by atoms with E-state index in [-0.39, 0.29) is 11.3 Å². The second-order valence-electron chi connectivity index (χ2n) is 11.7. The van der Waals surface area contributed by atoms with Crippen molar-refractivity contribution in [2.75, 3.05) is 5.32 Å². The first kappa shape index (κ1) is 29.2. The van der Waals surface area contributed by atoms with E-state index in [9.17, 15) is 4.79 Å². The Kier molecular flexibility index (Phi) is 8.86. The van der Waals surface area contributed by atoms with E-state index in [1.165, 1.54) is 28.2 Å². The number of carbonyl (C=O) groups is 1. The number of benzene rings is 2. The van der Waals surface area contributed by atoms with Crippen molar-refractivity contribution in [3.05, 3.63) is 95.8 Å². The molecule has 7 nitrogen and oxygen atoms in total. The third-order valence-electron chi connectivity index (χ3n) is 8.73.